The Labute approximate surface area is 178 Å². The van der Waals surface area contributed by atoms with E-state index in [1.54, 1.807) is 6.07 Å². The molecule has 1 atom stereocenters. The van der Waals surface area contributed by atoms with Gasteiger partial charge in [0.05, 0.1) is 10.6 Å². The summed E-state index contributed by atoms with van der Waals surface area (Å²) in [6.07, 6.45) is 2.53. The molecule has 2 aromatic carbocycles. The summed E-state index contributed by atoms with van der Waals surface area (Å²) in [5.74, 6) is 0. The molecular weight excluding hydrogens is 409 g/mol. The molecule has 1 aliphatic heterocycles. The molecule has 1 N–H and O–H groups in total. The van der Waals surface area contributed by atoms with Crippen molar-refractivity contribution in [2.24, 2.45) is 0 Å². The molecule has 0 saturated carbocycles. The predicted octanol–water partition coefficient (Wildman–Crippen LogP) is 6.41. The summed E-state index contributed by atoms with van der Waals surface area (Å²) in [5.41, 5.74) is 3.90. The van der Waals surface area contributed by atoms with Gasteiger partial charge < -0.3 is 5.32 Å². The highest BCUT2D eigenvalue weighted by Crippen LogP contribution is 2.37. The summed E-state index contributed by atoms with van der Waals surface area (Å²) in [6, 6.07) is 16.4. The van der Waals surface area contributed by atoms with Crippen LogP contribution in [0, 0.1) is 0 Å². The summed E-state index contributed by atoms with van der Waals surface area (Å²) in [5, 5.41) is 3.15. The molecule has 2 heterocycles. The predicted molar refractivity (Wildman–Crippen MR) is 114 cm³/mol. The van der Waals surface area contributed by atoms with Crippen molar-refractivity contribution in [3.8, 4) is 11.1 Å². The molecule has 0 aliphatic carbocycles. The van der Waals surface area contributed by atoms with E-state index in [0.717, 1.165) is 34.8 Å². The van der Waals surface area contributed by atoms with Crippen LogP contribution in [0.2, 0.25) is 5.02 Å². The molecule has 0 amide bonds. The maximum atomic E-state index is 13.2. The number of nitrogens with zero attached hydrogens (tertiary/aromatic N) is 1. The van der Waals surface area contributed by atoms with Gasteiger partial charge in [-0.25, -0.2) is 0 Å². The molecule has 2 nitrogen and oxygen atoms in total. The monoisotopic (exact) mass is 428 g/mol. The van der Waals surface area contributed by atoms with E-state index in [1.807, 2.05) is 48.8 Å². The van der Waals surface area contributed by atoms with Crippen LogP contribution in [-0.2, 0) is 12.6 Å². The van der Waals surface area contributed by atoms with Crippen molar-refractivity contribution in [1.82, 2.24) is 10.3 Å². The van der Waals surface area contributed by atoms with Gasteiger partial charge in [-0.2, -0.15) is 13.2 Å². The molecule has 1 aliphatic rings. The Kier molecular flexibility index (Phi) is 5.93. The maximum Gasteiger partial charge on any atom is 0.417 e. The molecule has 30 heavy (non-hydrogen) atoms. The van der Waals surface area contributed by atoms with Crippen LogP contribution >= 0.6 is 11.6 Å². The third-order valence-corrected chi connectivity index (χ3v) is 5.58. The van der Waals surface area contributed by atoms with E-state index in [-0.39, 0.29) is 11.1 Å². The van der Waals surface area contributed by atoms with Crippen molar-refractivity contribution >= 4 is 17.2 Å². The first-order chi connectivity index (χ1) is 14.4. The molecule has 0 radical (unpaired) electrons. The third-order valence-electron chi connectivity index (χ3n) is 5.25. The van der Waals surface area contributed by atoms with E-state index in [2.05, 4.69) is 16.4 Å². The normalized spacial score (nSPS) is 16.9. The molecule has 1 aromatic heterocycles. The lowest BCUT2D eigenvalue weighted by Crippen LogP contribution is -2.34. The molecule has 3 aromatic rings. The molecule has 0 bridgehead atoms. The van der Waals surface area contributed by atoms with Crippen LogP contribution < -0.4 is 5.32 Å². The van der Waals surface area contributed by atoms with Crippen LogP contribution in [0.25, 0.3) is 16.7 Å². The number of aromatic nitrogens is 1. The van der Waals surface area contributed by atoms with Crippen molar-refractivity contribution in [2.75, 3.05) is 6.54 Å². The minimum atomic E-state index is -4.47. The van der Waals surface area contributed by atoms with Crippen LogP contribution in [0.3, 0.4) is 0 Å². The molecular formula is C24H20ClF3N2. The first-order valence-electron chi connectivity index (χ1n) is 9.69. The summed E-state index contributed by atoms with van der Waals surface area (Å²) < 4.78 is 39.6. The van der Waals surface area contributed by atoms with Gasteiger partial charge in [-0.1, -0.05) is 54.1 Å². The fourth-order valence-corrected chi connectivity index (χ4v) is 3.99. The summed E-state index contributed by atoms with van der Waals surface area (Å²) in [6.45, 7) is 0.607. The topological polar surface area (TPSA) is 24.9 Å². The van der Waals surface area contributed by atoms with E-state index in [4.69, 9.17) is 11.6 Å². The smallest absolute Gasteiger partial charge is 0.310 e. The van der Waals surface area contributed by atoms with Crippen LogP contribution in [0.5, 0.6) is 0 Å². The SMILES string of the molecule is FC(F)(F)c1cc(C2=CCNC(Cc3cncc(-c4ccccc4)c3)C2)ccc1Cl. The molecule has 1 unspecified atom stereocenters. The van der Waals surface area contributed by atoms with Crippen molar-refractivity contribution in [1.29, 1.82) is 0 Å². The third kappa shape index (κ3) is 4.74. The standard InChI is InChI=1S/C24H20ClF3N2/c25-23-7-6-18(13-22(23)24(26,27)28)19-8-9-30-21(12-19)11-16-10-20(15-29-14-16)17-4-2-1-3-5-17/h1-8,10,13-15,21,30H,9,11-12H2. The van der Waals surface area contributed by atoms with E-state index in [0.29, 0.717) is 18.5 Å². The van der Waals surface area contributed by atoms with Crippen LogP contribution in [0.4, 0.5) is 13.2 Å². The Hall–Kier alpha value is -2.63. The van der Waals surface area contributed by atoms with Gasteiger partial charge >= 0.3 is 6.18 Å². The number of hydrogen-bond acceptors (Lipinski definition) is 2. The van der Waals surface area contributed by atoms with E-state index in [9.17, 15) is 13.2 Å². The highest BCUT2D eigenvalue weighted by molar-refractivity contribution is 6.31. The summed E-state index contributed by atoms with van der Waals surface area (Å²) in [7, 11) is 0. The van der Waals surface area contributed by atoms with Crippen molar-refractivity contribution in [3.05, 3.63) is 94.8 Å². The zero-order chi connectivity index (χ0) is 21.1. The number of halogens is 4. The van der Waals surface area contributed by atoms with E-state index >= 15 is 0 Å². The van der Waals surface area contributed by atoms with Crippen molar-refractivity contribution in [3.63, 3.8) is 0 Å². The van der Waals surface area contributed by atoms with Crippen molar-refractivity contribution in [2.45, 2.75) is 25.1 Å². The number of nitrogens with one attached hydrogen (secondary N) is 1. The van der Waals surface area contributed by atoms with Gasteiger partial charge in [0.2, 0.25) is 0 Å². The van der Waals surface area contributed by atoms with Gasteiger partial charge in [0.25, 0.3) is 0 Å². The molecule has 0 spiro atoms. The first-order valence-corrected chi connectivity index (χ1v) is 10.1. The molecule has 0 saturated heterocycles. The second-order valence-electron chi connectivity index (χ2n) is 7.38. The Balaban J connectivity index is 1.51. The highest BCUT2D eigenvalue weighted by Gasteiger charge is 2.33. The fourth-order valence-electron chi connectivity index (χ4n) is 3.76. The number of alkyl halides is 3. The van der Waals surface area contributed by atoms with Gasteiger partial charge in [0.15, 0.2) is 0 Å². The van der Waals surface area contributed by atoms with Crippen molar-refractivity contribution < 1.29 is 13.2 Å². The van der Waals surface area contributed by atoms with Gasteiger partial charge in [0.1, 0.15) is 0 Å². The molecule has 0 fully saturated rings. The average Bonchev–Trinajstić information content (AvgIpc) is 2.74. The zero-order valence-corrected chi connectivity index (χ0v) is 16.8. The fraction of sp³-hybridized carbons (Fsp3) is 0.208. The van der Waals surface area contributed by atoms with E-state index in [1.165, 1.54) is 6.07 Å². The molecule has 4 rings (SSSR count). The Morgan fingerprint density at radius 3 is 2.53 bits per heavy atom. The summed E-state index contributed by atoms with van der Waals surface area (Å²) in [4.78, 5) is 4.37. The lowest BCUT2D eigenvalue weighted by atomic mass is 9.91. The minimum absolute atomic E-state index is 0.114. The first kappa shape index (κ1) is 20.6. The lowest BCUT2D eigenvalue weighted by Gasteiger charge is -2.25. The van der Waals surface area contributed by atoms with Crippen LogP contribution in [-0.4, -0.2) is 17.6 Å². The number of pyridine rings is 1. The molecule has 6 heteroatoms. The Morgan fingerprint density at radius 1 is 0.967 bits per heavy atom. The second kappa shape index (κ2) is 8.62. The highest BCUT2D eigenvalue weighted by atomic mass is 35.5. The summed E-state index contributed by atoms with van der Waals surface area (Å²) >= 11 is 5.76. The minimum Gasteiger partial charge on any atom is -0.310 e. The van der Waals surface area contributed by atoms with Crippen LogP contribution in [0.1, 0.15) is 23.1 Å². The maximum absolute atomic E-state index is 13.2. The Morgan fingerprint density at radius 2 is 1.77 bits per heavy atom. The number of rotatable bonds is 4. The molecule has 154 valence electrons. The van der Waals surface area contributed by atoms with Gasteiger partial charge in [-0.05, 0) is 53.3 Å². The lowest BCUT2D eigenvalue weighted by molar-refractivity contribution is -0.137. The van der Waals surface area contributed by atoms with Crippen LogP contribution in [0.15, 0.2) is 73.1 Å². The average molecular weight is 429 g/mol. The number of benzene rings is 2. The number of hydrogen-bond donors (Lipinski definition) is 1. The largest absolute Gasteiger partial charge is 0.417 e. The Bertz CT molecular complexity index is 1060. The quantitative estimate of drug-likeness (QED) is 0.519. The zero-order valence-electron chi connectivity index (χ0n) is 16.1. The second-order valence-corrected chi connectivity index (χ2v) is 7.79. The van der Waals surface area contributed by atoms with E-state index < -0.39 is 11.7 Å². The van der Waals surface area contributed by atoms with Gasteiger partial charge in [0, 0.05) is 30.5 Å². The van der Waals surface area contributed by atoms with Gasteiger partial charge in [-0.3, -0.25) is 4.98 Å². The van der Waals surface area contributed by atoms with Gasteiger partial charge in [-0.15, -0.1) is 0 Å².